The van der Waals surface area contributed by atoms with Gasteiger partial charge >= 0.3 is 6.18 Å². The van der Waals surface area contributed by atoms with Gasteiger partial charge in [-0.15, -0.1) is 4.74 Å². The molecule has 16 heteroatoms. The molecule has 0 saturated heterocycles. The van der Waals surface area contributed by atoms with Gasteiger partial charge in [-0.3, -0.25) is 25.0 Å². The summed E-state index contributed by atoms with van der Waals surface area (Å²) in [6.45, 7) is 5.20. The number of alkyl halides is 3. The van der Waals surface area contributed by atoms with Gasteiger partial charge in [-0.25, -0.2) is 0 Å². The molecule has 1 aromatic heterocycles. The number of rotatable bonds is 3. The Morgan fingerprint density at radius 2 is 1.33 bits per heavy atom. The topological polar surface area (TPSA) is 121 Å². The Morgan fingerprint density at radius 1 is 0.861 bits per heavy atom. The highest BCUT2D eigenvalue weighted by Crippen LogP contribution is 2.36. The number of nitrogens with zero attached hydrogens (tertiary/aromatic N) is 3. The second-order valence-electron chi connectivity index (χ2n) is 7.67. The van der Waals surface area contributed by atoms with E-state index in [0.29, 0.717) is 15.8 Å². The molecule has 0 unspecified atom stereocenters. The van der Waals surface area contributed by atoms with Crippen molar-refractivity contribution >= 4 is 23.0 Å². The summed E-state index contributed by atoms with van der Waals surface area (Å²) in [7, 11) is 0. The van der Waals surface area contributed by atoms with E-state index in [1.807, 2.05) is 0 Å². The molecule has 0 radical (unpaired) electrons. The number of benzene rings is 2. The van der Waals surface area contributed by atoms with Gasteiger partial charge in [-0.2, -0.15) is 13.2 Å². The van der Waals surface area contributed by atoms with E-state index in [4.69, 9.17) is 16.1 Å². The highest BCUT2D eigenvalue weighted by Gasteiger charge is 2.37. The van der Waals surface area contributed by atoms with Crippen LogP contribution < -0.4 is 19.7 Å². The molecule has 36 heavy (non-hydrogen) atoms. The molecule has 2 aromatic carbocycles. The Bertz CT molecular complexity index is 1240. The van der Waals surface area contributed by atoms with Gasteiger partial charge in [0.15, 0.2) is 0 Å². The number of hydrogen-bond acceptors (Lipinski definition) is 6. The van der Waals surface area contributed by atoms with Crippen molar-refractivity contribution in [1.82, 2.24) is 4.74 Å². The van der Waals surface area contributed by atoms with Crippen LogP contribution in [0.25, 0.3) is 5.69 Å². The number of nitro benzene ring substituents is 2. The lowest BCUT2D eigenvalue weighted by Crippen LogP contribution is -3.00. The first kappa shape index (κ1) is 34.3. The second-order valence-corrected chi connectivity index (χ2v) is 8.11. The average molecular weight is 545 g/mol. The third-order valence-electron chi connectivity index (χ3n) is 4.14. The zero-order valence-corrected chi connectivity index (χ0v) is 19.3. The molecule has 0 saturated carbocycles. The molecule has 0 N–H and O–H groups in total. The van der Waals surface area contributed by atoms with Gasteiger partial charge in [0.25, 0.3) is 16.9 Å². The molecule has 0 bridgehead atoms. The largest absolute Gasteiger partial charge is 1.00 e. The Labute approximate surface area is 203 Å². The molecule has 0 aliphatic rings. The summed E-state index contributed by atoms with van der Waals surface area (Å²) in [5.74, 6) is 0.203. The first-order valence-corrected chi connectivity index (χ1v) is 9.49. The van der Waals surface area contributed by atoms with Crippen LogP contribution in [0.15, 0.2) is 57.8 Å². The highest BCUT2D eigenvalue weighted by atomic mass is 35.5. The van der Waals surface area contributed by atoms with Gasteiger partial charge in [0.2, 0.25) is 0 Å². The van der Waals surface area contributed by atoms with Crippen molar-refractivity contribution in [2.45, 2.75) is 32.4 Å². The quantitative estimate of drug-likeness (QED) is 0.196. The zero-order chi connectivity index (χ0) is 25.1. The summed E-state index contributed by atoms with van der Waals surface area (Å²) in [5, 5.41) is 21.3. The maximum absolute atomic E-state index is 13.2. The van der Waals surface area contributed by atoms with Gasteiger partial charge in [0.1, 0.15) is 5.76 Å². The highest BCUT2D eigenvalue weighted by molar-refractivity contribution is 6.30. The van der Waals surface area contributed by atoms with Crippen LogP contribution >= 0.6 is 11.6 Å². The molecule has 0 spiro atoms. The third kappa shape index (κ3) is 8.41. The van der Waals surface area contributed by atoms with E-state index in [-0.39, 0.29) is 25.6 Å². The Morgan fingerprint density at radius 3 is 1.72 bits per heavy atom. The van der Waals surface area contributed by atoms with Crippen LogP contribution in [0.1, 0.15) is 32.1 Å². The molecular weight excluding hydrogens is 528 g/mol. The number of aromatic nitrogens is 1. The van der Waals surface area contributed by atoms with E-state index in [0.717, 1.165) is 18.2 Å². The smallest absolute Gasteiger partial charge is 0.418 e. The van der Waals surface area contributed by atoms with E-state index in [1.165, 1.54) is 24.3 Å². The fourth-order valence-corrected chi connectivity index (χ4v) is 2.59. The minimum Gasteiger partial charge on any atom is -1.00 e. The molecule has 0 aliphatic carbocycles. The van der Waals surface area contributed by atoms with E-state index in [2.05, 4.69) is 0 Å². The number of halogens is 7. The number of hydrogen-bond donors (Lipinski definition) is 0. The lowest BCUT2D eigenvalue weighted by molar-refractivity contribution is -0.385. The molecule has 0 atom stereocenters. The van der Waals surface area contributed by atoms with E-state index in [9.17, 15) is 38.2 Å². The summed E-state index contributed by atoms with van der Waals surface area (Å²) >= 11 is 5.49. The maximum Gasteiger partial charge on any atom is 0.418 e. The van der Waals surface area contributed by atoms with Crippen LogP contribution in [-0.4, -0.2) is 14.6 Å². The van der Waals surface area contributed by atoms with Crippen molar-refractivity contribution in [2.24, 2.45) is 0 Å². The molecule has 0 amide bonds. The van der Waals surface area contributed by atoms with Gasteiger partial charge < -0.3 is 18.6 Å². The first-order valence-electron chi connectivity index (χ1n) is 9.11. The van der Waals surface area contributed by atoms with Crippen molar-refractivity contribution in [3.63, 3.8) is 0 Å². The molecule has 0 fully saturated rings. The molecule has 9 nitrogen and oxygen atoms in total. The van der Waals surface area contributed by atoms with Crippen LogP contribution in [0, 0.1) is 20.2 Å². The lowest BCUT2D eigenvalue weighted by Gasteiger charge is -2.14. The van der Waals surface area contributed by atoms with E-state index in [1.54, 1.807) is 20.8 Å². The first-order chi connectivity index (χ1) is 15.1. The number of nitro groups is 2. The van der Waals surface area contributed by atoms with Crippen LogP contribution in [-0.2, 0) is 11.6 Å². The fourth-order valence-electron chi connectivity index (χ4n) is 2.47. The van der Waals surface area contributed by atoms with E-state index < -0.39 is 43.9 Å². The number of non-ortho nitro benzene ring substituents is 2. The summed E-state index contributed by atoms with van der Waals surface area (Å²) < 4.78 is 45.2. The standard InChI is InChI=1S/C14H13F3N2O4.C6H4ClNO2.3FH/c1-13(2,3)11-7-12(20)18(23-11)10-5-4-8(19(21)22)6-9(10)14(15,16)17;7-5-1-3-6(4-2-5)8(9)10;;;/h4-7H,1-3H3;1-4H;3*1H/p-3. The SMILES string of the molecule is CC(C)(C)c1cc(=O)n(-c2ccc([N+](=O)[O-])cc2C(F)(F)F)o1.O=[N+]([O-])c1ccc(Cl)cc1.[F-].[F-].[F-]. The minimum absolute atomic E-state index is 0. The van der Waals surface area contributed by atoms with Gasteiger partial charge in [0.05, 0.1) is 21.1 Å². The second kappa shape index (κ2) is 12.7. The van der Waals surface area contributed by atoms with E-state index >= 15 is 0 Å². The maximum atomic E-state index is 13.2. The summed E-state index contributed by atoms with van der Waals surface area (Å²) in [6, 6.07) is 8.90. The van der Waals surface area contributed by atoms with Crippen LogP contribution in [0.2, 0.25) is 5.02 Å². The minimum atomic E-state index is -4.88. The van der Waals surface area contributed by atoms with Crippen molar-refractivity contribution < 1.29 is 41.7 Å². The van der Waals surface area contributed by atoms with Crippen molar-refractivity contribution in [1.29, 1.82) is 0 Å². The summed E-state index contributed by atoms with van der Waals surface area (Å²) in [5.41, 5.74) is -3.94. The van der Waals surface area contributed by atoms with Gasteiger partial charge in [0, 0.05) is 40.8 Å². The monoisotopic (exact) mass is 544 g/mol. The van der Waals surface area contributed by atoms with Crippen LogP contribution in [0.3, 0.4) is 0 Å². The van der Waals surface area contributed by atoms with Crippen LogP contribution in [0.4, 0.5) is 24.5 Å². The van der Waals surface area contributed by atoms with Crippen LogP contribution in [0.5, 0.6) is 0 Å². The molecule has 3 aromatic rings. The molecule has 3 rings (SSSR count). The molecule has 200 valence electrons. The summed E-state index contributed by atoms with van der Waals surface area (Å²) in [4.78, 5) is 31.3. The predicted molar refractivity (Wildman–Crippen MR) is 113 cm³/mol. The van der Waals surface area contributed by atoms with Crippen molar-refractivity contribution in [3.8, 4) is 5.69 Å². The molecule has 0 aliphatic heterocycles. The molecular formula is C20H17ClF6N3O6-3. The van der Waals surface area contributed by atoms with Crippen molar-refractivity contribution in [2.75, 3.05) is 0 Å². The lowest BCUT2D eigenvalue weighted by atomic mass is 9.94. The fraction of sp³-hybridized carbons (Fsp3) is 0.250. The Kier molecular flexibility index (Phi) is 12.1. The Balaban J connectivity index is 0. The van der Waals surface area contributed by atoms with Crippen molar-refractivity contribution in [3.05, 3.63) is 95.5 Å². The average Bonchev–Trinajstić information content (AvgIpc) is 3.09. The Hall–Kier alpha value is -3.88. The van der Waals surface area contributed by atoms with Gasteiger partial charge in [-0.05, 0) is 18.2 Å². The normalized spacial score (nSPS) is 10.5. The zero-order valence-electron chi connectivity index (χ0n) is 18.6. The summed E-state index contributed by atoms with van der Waals surface area (Å²) in [6.07, 6.45) is -4.88. The molecule has 1 heterocycles. The predicted octanol–water partition coefficient (Wildman–Crippen LogP) is -3.08. The third-order valence-corrected chi connectivity index (χ3v) is 4.39. The van der Waals surface area contributed by atoms with Gasteiger partial charge in [-0.1, -0.05) is 32.4 Å².